The molecule has 1 amide bonds. The molecule has 0 aromatic rings. The number of aliphatic carboxylic acids is 1. The van der Waals surface area contributed by atoms with E-state index in [4.69, 9.17) is 9.84 Å². The van der Waals surface area contributed by atoms with Crippen LogP contribution in [-0.2, 0) is 14.3 Å². The van der Waals surface area contributed by atoms with Crippen molar-refractivity contribution in [1.29, 1.82) is 0 Å². The second kappa shape index (κ2) is 6.37. The maximum Gasteiger partial charge on any atom is 0.303 e. The summed E-state index contributed by atoms with van der Waals surface area (Å²) in [5, 5.41) is 12.0. The summed E-state index contributed by atoms with van der Waals surface area (Å²) >= 11 is 0. The SMILES string of the molecule is O=C(O)CC1(CNC(=O)C2CCCO2)CCCCC1. The molecule has 0 bridgehead atoms. The van der Waals surface area contributed by atoms with Gasteiger partial charge in [0.15, 0.2) is 0 Å². The van der Waals surface area contributed by atoms with Gasteiger partial charge in [-0.2, -0.15) is 0 Å². The van der Waals surface area contributed by atoms with E-state index < -0.39 is 5.97 Å². The van der Waals surface area contributed by atoms with Gasteiger partial charge in [-0.3, -0.25) is 9.59 Å². The van der Waals surface area contributed by atoms with Crippen molar-refractivity contribution in [2.45, 2.75) is 57.5 Å². The fraction of sp³-hybridized carbons (Fsp3) is 0.857. The molecule has 108 valence electrons. The molecule has 1 unspecified atom stereocenters. The van der Waals surface area contributed by atoms with Crippen LogP contribution in [0.15, 0.2) is 0 Å². The number of carboxylic acid groups (broad SMARTS) is 1. The Morgan fingerprint density at radius 1 is 1.21 bits per heavy atom. The zero-order valence-electron chi connectivity index (χ0n) is 11.3. The summed E-state index contributed by atoms with van der Waals surface area (Å²) in [5.74, 6) is -0.846. The Kier molecular flexibility index (Phi) is 4.80. The number of carboxylic acids is 1. The maximum atomic E-state index is 11.9. The molecule has 0 aromatic heterocycles. The molecule has 0 aromatic carbocycles. The normalized spacial score (nSPS) is 26.0. The van der Waals surface area contributed by atoms with Crippen molar-refractivity contribution < 1.29 is 19.4 Å². The van der Waals surface area contributed by atoms with Crippen molar-refractivity contribution in [2.75, 3.05) is 13.2 Å². The van der Waals surface area contributed by atoms with Gasteiger partial charge in [-0.1, -0.05) is 19.3 Å². The zero-order valence-corrected chi connectivity index (χ0v) is 11.3. The van der Waals surface area contributed by atoms with E-state index in [2.05, 4.69) is 5.32 Å². The van der Waals surface area contributed by atoms with Crippen molar-refractivity contribution in [1.82, 2.24) is 5.32 Å². The van der Waals surface area contributed by atoms with Crippen LogP contribution in [0.25, 0.3) is 0 Å². The lowest BCUT2D eigenvalue weighted by atomic mass is 9.71. The first kappa shape index (κ1) is 14.3. The highest BCUT2D eigenvalue weighted by molar-refractivity contribution is 5.81. The number of hydrogen-bond acceptors (Lipinski definition) is 3. The van der Waals surface area contributed by atoms with Gasteiger partial charge in [0.25, 0.3) is 0 Å². The van der Waals surface area contributed by atoms with Crippen molar-refractivity contribution in [3.05, 3.63) is 0 Å². The average Bonchev–Trinajstić information content (AvgIpc) is 2.90. The molecule has 1 atom stereocenters. The van der Waals surface area contributed by atoms with E-state index in [1.54, 1.807) is 0 Å². The van der Waals surface area contributed by atoms with Crippen LogP contribution in [0.4, 0.5) is 0 Å². The molecule has 1 aliphatic carbocycles. The van der Waals surface area contributed by atoms with Gasteiger partial charge in [-0.05, 0) is 31.1 Å². The quantitative estimate of drug-likeness (QED) is 0.796. The summed E-state index contributed by atoms with van der Waals surface area (Å²) in [6.45, 7) is 1.12. The molecule has 0 spiro atoms. The van der Waals surface area contributed by atoms with Gasteiger partial charge in [0.2, 0.25) is 5.91 Å². The van der Waals surface area contributed by atoms with Crippen molar-refractivity contribution in [2.24, 2.45) is 5.41 Å². The molecular formula is C14H23NO4. The molecule has 1 saturated heterocycles. The summed E-state index contributed by atoms with van der Waals surface area (Å²) in [4.78, 5) is 23.0. The standard InChI is InChI=1S/C14H23NO4/c16-12(17)9-14(6-2-1-3-7-14)10-15-13(18)11-5-4-8-19-11/h11H,1-10H2,(H,15,18)(H,16,17). The molecule has 19 heavy (non-hydrogen) atoms. The Morgan fingerprint density at radius 3 is 2.53 bits per heavy atom. The third kappa shape index (κ3) is 3.93. The van der Waals surface area contributed by atoms with E-state index in [9.17, 15) is 9.59 Å². The van der Waals surface area contributed by atoms with Crippen LogP contribution in [0, 0.1) is 5.41 Å². The van der Waals surface area contributed by atoms with Crippen LogP contribution in [0.5, 0.6) is 0 Å². The second-order valence-corrected chi connectivity index (χ2v) is 5.85. The summed E-state index contributed by atoms with van der Waals surface area (Å²) in [6, 6.07) is 0. The van der Waals surface area contributed by atoms with E-state index in [-0.39, 0.29) is 23.8 Å². The van der Waals surface area contributed by atoms with Gasteiger partial charge in [-0.25, -0.2) is 0 Å². The minimum absolute atomic E-state index is 0.0761. The minimum atomic E-state index is -0.770. The van der Waals surface area contributed by atoms with Gasteiger partial charge >= 0.3 is 5.97 Å². The monoisotopic (exact) mass is 269 g/mol. The lowest BCUT2D eigenvalue weighted by molar-refractivity contribution is -0.141. The second-order valence-electron chi connectivity index (χ2n) is 5.85. The zero-order chi connectivity index (χ0) is 13.7. The van der Waals surface area contributed by atoms with E-state index in [1.165, 1.54) is 6.42 Å². The predicted octanol–water partition coefficient (Wildman–Crippen LogP) is 1.71. The number of carbonyl (C=O) groups excluding carboxylic acids is 1. The Labute approximate surface area is 113 Å². The van der Waals surface area contributed by atoms with Crippen LogP contribution in [-0.4, -0.2) is 36.2 Å². The fourth-order valence-electron chi connectivity index (χ4n) is 3.21. The molecule has 2 fully saturated rings. The lowest BCUT2D eigenvalue weighted by Crippen LogP contribution is -2.43. The third-order valence-corrected chi connectivity index (χ3v) is 4.30. The van der Waals surface area contributed by atoms with Crippen molar-refractivity contribution >= 4 is 11.9 Å². The molecule has 1 aliphatic heterocycles. The van der Waals surface area contributed by atoms with E-state index in [1.807, 2.05) is 0 Å². The number of rotatable bonds is 5. The maximum absolute atomic E-state index is 11.9. The van der Waals surface area contributed by atoms with Crippen molar-refractivity contribution in [3.8, 4) is 0 Å². The Hall–Kier alpha value is -1.10. The highest BCUT2D eigenvalue weighted by Gasteiger charge is 2.35. The van der Waals surface area contributed by atoms with Gasteiger partial charge in [-0.15, -0.1) is 0 Å². The fourth-order valence-corrected chi connectivity index (χ4v) is 3.21. The largest absolute Gasteiger partial charge is 0.481 e. The van der Waals surface area contributed by atoms with Crippen LogP contribution in [0.3, 0.4) is 0 Å². The van der Waals surface area contributed by atoms with E-state index >= 15 is 0 Å². The summed E-state index contributed by atoms with van der Waals surface area (Å²) < 4.78 is 5.34. The van der Waals surface area contributed by atoms with E-state index in [0.29, 0.717) is 13.2 Å². The number of hydrogen-bond donors (Lipinski definition) is 2. The molecule has 5 nitrogen and oxygen atoms in total. The number of amides is 1. The number of ether oxygens (including phenoxy) is 1. The number of carbonyl (C=O) groups is 2. The molecular weight excluding hydrogens is 246 g/mol. The summed E-state index contributed by atoms with van der Waals surface area (Å²) in [6.07, 6.45) is 6.60. The first-order valence-electron chi connectivity index (χ1n) is 7.22. The number of nitrogens with one attached hydrogen (secondary N) is 1. The summed E-state index contributed by atoms with van der Waals surface area (Å²) in [5.41, 5.74) is -0.252. The van der Waals surface area contributed by atoms with Gasteiger partial charge in [0, 0.05) is 13.2 Å². The van der Waals surface area contributed by atoms with Crippen LogP contribution in [0.2, 0.25) is 0 Å². The molecule has 1 heterocycles. The molecule has 2 N–H and O–H groups in total. The van der Waals surface area contributed by atoms with Gasteiger partial charge < -0.3 is 15.2 Å². The molecule has 2 aliphatic rings. The first-order chi connectivity index (χ1) is 9.11. The van der Waals surface area contributed by atoms with Crippen LogP contribution < -0.4 is 5.32 Å². The van der Waals surface area contributed by atoms with Crippen LogP contribution >= 0.6 is 0 Å². The molecule has 1 saturated carbocycles. The minimum Gasteiger partial charge on any atom is -0.481 e. The Bertz CT molecular complexity index is 330. The Balaban J connectivity index is 1.88. The molecule has 5 heteroatoms. The average molecular weight is 269 g/mol. The predicted molar refractivity (Wildman–Crippen MR) is 69.8 cm³/mol. The highest BCUT2D eigenvalue weighted by atomic mass is 16.5. The highest BCUT2D eigenvalue weighted by Crippen LogP contribution is 2.38. The third-order valence-electron chi connectivity index (χ3n) is 4.30. The molecule has 2 rings (SSSR count). The topological polar surface area (TPSA) is 75.6 Å². The molecule has 0 radical (unpaired) electrons. The van der Waals surface area contributed by atoms with Gasteiger partial charge in [0.1, 0.15) is 6.10 Å². The Morgan fingerprint density at radius 2 is 1.95 bits per heavy atom. The lowest BCUT2D eigenvalue weighted by Gasteiger charge is -2.36. The van der Waals surface area contributed by atoms with Crippen LogP contribution in [0.1, 0.15) is 51.4 Å². The van der Waals surface area contributed by atoms with E-state index in [0.717, 1.165) is 38.5 Å². The van der Waals surface area contributed by atoms with Crippen molar-refractivity contribution in [3.63, 3.8) is 0 Å². The summed E-state index contributed by atoms with van der Waals surface area (Å²) in [7, 11) is 0. The first-order valence-corrected chi connectivity index (χ1v) is 7.22. The van der Waals surface area contributed by atoms with Gasteiger partial charge in [0.05, 0.1) is 6.42 Å². The smallest absolute Gasteiger partial charge is 0.303 e.